The van der Waals surface area contributed by atoms with Crippen LogP contribution in [-0.4, -0.2) is 21.7 Å². The highest BCUT2D eigenvalue weighted by molar-refractivity contribution is 7.10. The second-order valence-electron chi connectivity index (χ2n) is 9.28. The minimum Gasteiger partial charge on any atom is -0.463 e. The maximum Gasteiger partial charge on any atom is 0.338 e. The van der Waals surface area contributed by atoms with Crippen molar-refractivity contribution in [1.82, 2.24) is 9.13 Å². The molecule has 0 radical (unpaired) electrons. The standard InChI is InChI=1S/C30H23Cl2N3O3S2/c1-3-38-29(37)26-17(2)33-30-35(27(26)24-9-6-12-39-24)28(36)25(40-30)13-19-16-34(23-8-5-4-7-21(19)23)15-18-10-11-20(31)14-22(18)32/h4-14,16,27H,3,15H2,1-2H3/b25-13-/t27-/m0/s1. The number of carbonyl (C=O) groups excluding carboxylic acids is 1. The molecule has 0 N–H and O–H groups in total. The summed E-state index contributed by atoms with van der Waals surface area (Å²) < 4.78 is 9.63. The predicted octanol–water partition coefficient (Wildman–Crippen LogP) is 6.17. The van der Waals surface area contributed by atoms with Gasteiger partial charge >= 0.3 is 5.97 Å². The molecule has 40 heavy (non-hydrogen) atoms. The van der Waals surface area contributed by atoms with Crippen LogP contribution in [0.3, 0.4) is 0 Å². The highest BCUT2D eigenvalue weighted by Crippen LogP contribution is 2.33. The Balaban J connectivity index is 1.50. The smallest absolute Gasteiger partial charge is 0.338 e. The Morgan fingerprint density at radius 1 is 1.15 bits per heavy atom. The van der Waals surface area contributed by atoms with Gasteiger partial charge in [-0.25, -0.2) is 9.79 Å². The molecule has 0 saturated carbocycles. The maximum absolute atomic E-state index is 13.9. The molecule has 0 aliphatic carbocycles. The van der Waals surface area contributed by atoms with Gasteiger partial charge in [-0.2, -0.15) is 0 Å². The van der Waals surface area contributed by atoms with Crippen LogP contribution in [0.5, 0.6) is 0 Å². The number of allylic oxidation sites excluding steroid dienone is 1. The highest BCUT2D eigenvalue weighted by Gasteiger charge is 2.33. The molecule has 10 heteroatoms. The summed E-state index contributed by atoms with van der Waals surface area (Å²) in [5.74, 6) is -0.458. The molecule has 0 saturated heterocycles. The largest absolute Gasteiger partial charge is 0.463 e. The third-order valence-electron chi connectivity index (χ3n) is 6.79. The van der Waals surface area contributed by atoms with Crippen molar-refractivity contribution in [1.29, 1.82) is 0 Å². The van der Waals surface area contributed by atoms with Gasteiger partial charge in [0.15, 0.2) is 4.80 Å². The highest BCUT2D eigenvalue weighted by atomic mass is 35.5. The van der Waals surface area contributed by atoms with Gasteiger partial charge in [-0.05, 0) is 55.1 Å². The molecule has 3 aromatic heterocycles. The quantitative estimate of drug-likeness (QED) is 0.217. The van der Waals surface area contributed by atoms with Crippen LogP contribution >= 0.6 is 45.9 Å². The average molecular weight is 609 g/mol. The van der Waals surface area contributed by atoms with E-state index in [1.54, 1.807) is 24.5 Å². The minimum absolute atomic E-state index is 0.200. The van der Waals surface area contributed by atoms with E-state index < -0.39 is 12.0 Å². The number of rotatable bonds is 6. The lowest BCUT2D eigenvalue weighted by Crippen LogP contribution is -2.39. The van der Waals surface area contributed by atoms with Crippen LogP contribution in [0.15, 0.2) is 87.2 Å². The Morgan fingerprint density at radius 2 is 1.98 bits per heavy atom. The number of carbonyl (C=O) groups is 1. The number of thiazole rings is 1. The fourth-order valence-corrected chi connectivity index (χ4v) is 7.33. The van der Waals surface area contributed by atoms with Crippen molar-refractivity contribution < 1.29 is 9.53 Å². The van der Waals surface area contributed by atoms with Crippen LogP contribution < -0.4 is 14.9 Å². The van der Waals surface area contributed by atoms with Gasteiger partial charge in [-0.15, -0.1) is 11.3 Å². The molecule has 1 aliphatic rings. The summed E-state index contributed by atoms with van der Waals surface area (Å²) in [5, 5.41) is 4.13. The van der Waals surface area contributed by atoms with Crippen LogP contribution in [0.25, 0.3) is 17.0 Å². The van der Waals surface area contributed by atoms with E-state index in [0.717, 1.165) is 26.9 Å². The molecule has 202 valence electrons. The molecule has 6 rings (SSSR count). The van der Waals surface area contributed by atoms with E-state index in [1.165, 1.54) is 22.7 Å². The number of ether oxygens (including phenoxy) is 1. The van der Waals surface area contributed by atoms with Crippen LogP contribution in [0.1, 0.15) is 35.9 Å². The average Bonchev–Trinajstić information content (AvgIpc) is 3.65. The number of para-hydroxylation sites is 1. The molecule has 1 aliphatic heterocycles. The number of hydrogen-bond donors (Lipinski definition) is 0. The molecule has 0 spiro atoms. The zero-order valence-corrected chi connectivity index (χ0v) is 24.7. The number of nitrogens with zero attached hydrogens (tertiary/aromatic N) is 3. The van der Waals surface area contributed by atoms with Gasteiger partial charge in [-0.3, -0.25) is 9.36 Å². The summed E-state index contributed by atoms with van der Waals surface area (Å²) in [6, 6.07) is 16.8. The number of halogens is 2. The molecule has 5 aromatic rings. The summed E-state index contributed by atoms with van der Waals surface area (Å²) in [6.07, 6.45) is 3.93. The van der Waals surface area contributed by atoms with E-state index in [4.69, 9.17) is 27.9 Å². The van der Waals surface area contributed by atoms with Crippen molar-refractivity contribution in [2.75, 3.05) is 6.61 Å². The molecule has 4 heterocycles. The number of benzene rings is 2. The molecule has 0 bridgehead atoms. The molecular weight excluding hydrogens is 585 g/mol. The first-order chi connectivity index (χ1) is 19.4. The number of thiophene rings is 1. The Kier molecular flexibility index (Phi) is 7.27. The van der Waals surface area contributed by atoms with Crippen molar-refractivity contribution in [2.24, 2.45) is 4.99 Å². The van der Waals surface area contributed by atoms with E-state index in [1.807, 2.05) is 66.2 Å². The van der Waals surface area contributed by atoms with Crippen LogP contribution in [0.2, 0.25) is 10.0 Å². The van der Waals surface area contributed by atoms with Gasteiger partial charge in [-0.1, -0.05) is 64.9 Å². The summed E-state index contributed by atoms with van der Waals surface area (Å²) in [7, 11) is 0. The Bertz CT molecular complexity index is 1980. The molecule has 0 amide bonds. The van der Waals surface area contributed by atoms with Gasteiger partial charge in [0.2, 0.25) is 0 Å². The van der Waals surface area contributed by atoms with E-state index in [2.05, 4.69) is 9.56 Å². The number of esters is 1. The number of aromatic nitrogens is 2. The van der Waals surface area contributed by atoms with Gasteiger partial charge in [0.25, 0.3) is 5.56 Å². The van der Waals surface area contributed by atoms with Crippen LogP contribution in [0.4, 0.5) is 0 Å². The zero-order valence-electron chi connectivity index (χ0n) is 21.6. The van der Waals surface area contributed by atoms with Crippen LogP contribution in [-0.2, 0) is 16.1 Å². The van der Waals surface area contributed by atoms with Crippen molar-refractivity contribution in [3.63, 3.8) is 0 Å². The Morgan fingerprint density at radius 3 is 2.73 bits per heavy atom. The summed E-state index contributed by atoms with van der Waals surface area (Å²) >= 11 is 15.4. The Hall–Kier alpha value is -3.43. The number of fused-ring (bicyclic) bond motifs is 2. The minimum atomic E-state index is -0.592. The van der Waals surface area contributed by atoms with E-state index in [9.17, 15) is 9.59 Å². The third kappa shape index (κ3) is 4.75. The van der Waals surface area contributed by atoms with Crippen molar-refractivity contribution >= 4 is 68.8 Å². The third-order valence-corrected chi connectivity index (χ3v) is 9.29. The lowest BCUT2D eigenvalue weighted by molar-refractivity contribution is -0.139. The van der Waals surface area contributed by atoms with E-state index in [0.29, 0.717) is 37.2 Å². The van der Waals surface area contributed by atoms with Gasteiger partial charge in [0.05, 0.1) is 22.4 Å². The van der Waals surface area contributed by atoms with Crippen molar-refractivity contribution in [3.05, 3.63) is 123 Å². The maximum atomic E-state index is 13.9. The normalized spacial score (nSPS) is 15.4. The molecule has 0 unspecified atom stereocenters. The first kappa shape index (κ1) is 26.8. The van der Waals surface area contributed by atoms with Gasteiger partial charge in [0.1, 0.15) is 6.04 Å². The fourth-order valence-electron chi connectivity index (χ4n) is 5.00. The van der Waals surface area contributed by atoms with E-state index in [-0.39, 0.29) is 12.2 Å². The summed E-state index contributed by atoms with van der Waals surface area (Å²) in [5.41, 5.74) is 3.61. The predicted molar refractivity (Wildman–Crippen MR) is 162 cm³/mol. The van der Waals surface area contributed by atoms with Crippen molar-refractivity contribution in [3.8, 4) is 0 Å². The fraction of sp³-hybridized carbons (Fsp3) is 0.167. The van der Waals surface area contributed by atoms with Crippen molar-refractivity contribution in [2.45, 2.75) is 26.4 Å². The number of hydrogen-bond acceptors (Lipinski definition) is 6. The second-order valence-corrected chi connectivity index (χ2v) is 12.1. The topological polar surface area (TPSA) is 65.6 Å². The Labute approximate surface area is 247 Å². The first-order valence-corrected chi connectivity index (χ1v) is 15.1. The lowest BCUT2D eigenvalue weighted by Gasteiger charge is -2.23. The molecule has 0 fully saturated rings. The molecule has 1 atom stereocenters. The second kappa shape index (κ2) is 10.9. The zero-order chi connectivity index (χ0) is 28.0. The summed E-state index contributed by atoms with van der Waals surface area (Å²) in [6.45, 7) is 4.34. The van der Waals surface area contributed by atoms with Gasteiger partial charge < -0.3 is 9.30 Å². The van der Waals surface area contributed by atoms with E-state index >= 15 is 0 Å². The summed E-state index contributed by atoms with van der Waals surface area (Å²) in [4.78, 5) is 33.0. The molecule has 2 aromatic carbocycles. The SMILES string of the molecule is CCOC(=O)C1=C(C)N=c2s/c(=C\c3cn(Cc4ccc(Cl)cc4Cl)c4ccccc34)c(=O)n2[C@H]1c1cccs1. The van der Waals surface area contributed by atoms with Gasteiger partial charge in [0, 0.05) is 44.1 Å². The first-order valence-electron chi connectivity index (χ1n) is 12.6. The monoisotopic (exact) mass is 607 g/mol. The lowest BCUT2D eigenvalue weighted by atomic mass is 10.0. The van der Waals surface area contributed by atoms with Crippen LogP contribution in [0, 0.1) is 0 Å². The molecule has 6 nitrogen and oxygen atoms in total. The molecular formula is C30H23Cl2N3O3S2.